The van der Waals surface area contributed by atoms with E-state index >= 15 is 0 Å². The zero-order valence-corrected chi connectivity index (χ0v) is 15.3. The molecule has 2 aliphatic heterocycles. The number of rotatable bonds is 2. The number of benzene rings is 2. The van der Waals surface area contributed by atoms with Crippen molar-refractivity contribution < 1.29 is 13.6 Å². The van der Waals surface area contributed by atoms with Crippen LogP contribution in [-0.2, 0) is 12.8 Å². The molecular formula is C22H20FN3O2. The maximum absolute atomic E-state index is 13.1. The average molecular weight is 377 g/mol. The summed E-state index contributed by atoms with van der Waals surface area (Å²) >= 11 is 0. The van der Waals surface area contributed by atoms with Crippen molar-refractivity contribution in [1.29, 1.82) is 5.41 Å². The smallest absolute Gasteiger partial charge is 0.261 e. The molecule has 6 heteroatoms. The van der Waals surface area contributed by atoms with Crippen molar-refractivity contribution in [2.45, 2.75) is 25.7 Å². The molecule has 2 aromatic carbocycles. The molecule has 0 fully saturated rings. The second kappa shape index (κ2) is 6.48. The highest BCUT2D eigenvalue weighted by molar-refractivity contribution is 6.05. The predicted octanol–water partition coefficient (Wildman–Crippen LogP) is 4.00. The maximum atomic E-state index is 13.1. The van der Waals surface area contributed by atoms with E-state index in [4.69, 9.17) is 9.83 Å². The number of halogens is 1. The standard InChI is InChI=1S/C22H20FN3O2/c23-15-5-7-16(8-6-15)25-22(27)18-12-14-11-13-3-1-9-26-10-2-4-17(19(13)26)20(14)28-21(18)24/h5-8,11-12,24H,1-4,9-10H2,(H,25,27). The van der Waals surface area contributed by atoms with Gasteiger partial charge in [0.15, 0.2) is 0 Å². The van der Waals surface area contributed by atoms with Crippen LogP contribution < -0.4 is 15.8 Å². The quantitative estimate of drug-likeness (QED) is 0.709. The van der Waals surface area contributed by atoms with Crippen LogP contribution in [0, 0.1) is 11.2 Å². The first-order valence-corrected chi connectivity index (χ1v) is 9.59. The summed E-state index contributed by atoms with van der Waals surface area (Å²) in [6.45, 7) is 2.13. The minimum Gasteiger partial charge on any atom is -0.438 e. The van der Waals surface area contributed by atoms with E-state index in [9.17, 15) is 9.18 Å². The lowest BCUT2D eigenvalue weighted by molar-refractivity contribution is 0.102. The molecule has 2 aliphatic rings. The van der Waals surface area contributed by atoms with E-state index in [0.29, 0.717) is 11.3 Å². The van der Waals surface area contributed by atoms with E-state index in [-0.39, 0.29) is 16.9 Å². The second-order valence-corrected chi connectivity index (χ2v) is 7.43. The molecule has 142 valence electrons. The Hall–Kier alpha value is -3.15. The molecule has 1 aromatic heterocycles. The average Bonchev–Trinajstić information content (AvgIpc) is 2.70. The summed E-state index contributed by atoms with van der Waals surface area (Å²) in [6, 6.07) is 9.39. The van der Waals surface area contributed by atoms with Crippen LogP contribution in [-0.4, -0.2) is 19.0 Å². The SMILES string of the molecule is N=c1oc2c3c4c(cc2cc1C(=O)Nc1ccc(F)cc1)CCCN4CCC3. The second-order valence-electron chi connectivity index (χ2n) is 7.43. The molecule has 0 bridgehead atoms. The van der Waals surface area contributed by atoms with Gasteiger partial charge in [0.05, 0.1) is 0 Å². The Balaban J connectivity index is 1.59. The number of hydrogen-bond acceptors (Lipinski definition) is 4. The lowest BCUT2D eigenvalue weighted by Crippen LogP contribution is -2.34. The minimum atomic E-state index is -0.435. The topological polar surface area (TPSA) is 69.3 Å². The highest BCUT2D eigenvalue weighted by Crippen LogP contribution is 2.39. The van der Waals surface area contributed by atoms with Gasteiger partial charge in [-0.3, -0.25) is 10.2 Å². The number of nitrogens with one attached hydrogen (secondary N) is 2. The first-order chi connectivity index (χ1) is 13.6. The molecule has 5 nitrogen and oxygen atoms in total. The number of amides is 1. The van der Waals surface area contributed by atoms with E-state index in [1.165, 1.54) is 35.5 Å². The van der Waals surface area contributed by atoms with Gasteiger partial charge >= 0.3 is 0 Å². The third kappa shape index (κ3) is 2.76. The fraction of sp³-hybridized carbons (Fsp3) is 0.273. The Morgan fingerprint density at radius 1 is 1.11 bits per heavy atom. The van der Waals surface area contributed by atoms with E-state index < -0.39 is 5.91 Å². The summed E-state index contributed by atoms with van der Waals surface area (Å²) in [7, 11) is 0. The molecule has 0 atom stereocenters. The fourth-order valence-corrected chi connectivity index (χ4v) is 4.36. The van der Waals surface area contributed by atoms with Crippen molar-refractivity contribution >= 4 is 28.3 Å². The number of carbonyl (C=O) groups is 1. The van der Waals surface area contributed by atoms with E-state index in [0.717, 1.165) is 49.7 Å². The Morgan fingerprint density at radius 3 is 2.64 bits per heavy atom. The number of nitrogens with zero attached hydrogens (tertiary/aromatic N) is 1. The number of aryl methyl sites for hydroxylation is 2. The molecule has 0 unspecified atom stereocenters. The minimum absolute atomic E-state index is 0.156. The highest BCUT2D eigenvalue weighted by Gasteiger charge is 2.27. The van der Waals surface area contributed by atoms with Gasteiger partial charge in [-0.2, -0.15) is 0 Å². The van der Waals surface area contributed by atoms with Crippen LogP contribution in [0.5, 0.6) is 0 Å². The van der Waals surface area contributed by atoms with Gasteiger partial charge in [0, 0.05) is 35.4 Å². The van der Waals surface area contributed by atoms with E-state index in [1.54, 1.807) is 6.07 Å². The summed E-state index contributed by atoms with van der Waals surface area (Å²) in [5.74, 6) is -0.803. The Labute approximate surface area is 161 Å². The first kappa shape index (κ1) is 17.0. The van der Waals surface area contributed by atoms with Crippen molar-refractivity contribution in [3.8, 4) is 0 Å². The molecule has 0 spiro atoms. The monoisotopic (exact) mass is 377 g/mol. The largest absolute Gasteiger partial charge is 0.438 e. The lowest BCUT2D eigenvalue weighted by Gasteiger charge is -2.37. The van der Waals surface area contributed by atoms with Gasteiger partial charge in [0.1, 0.15) is 17.0 Å². The zero-order chi connectivity index (χ0) is 19.3. The van der Waals surface area contributed by atoms with Crippen LogP contribution >= 0.6 is 0 Å². The van der Waals surface area contributed by atoms with Crippen molar-refractivity contribution in [3.05, 3.63) is 64.5 Å². The molecule has 2 N–H and O–H groups in total. The molecule has 28 heavy (non-hydrogen) atoms. The third-order valence-electron chi connectivity index (χ3n) is 5.60. The normalized spacial score (nSPS) is 15.4. The molecule has 0 radical (unpaired) electrons. The summed E-state index contributed by atoms with van der Waals surface area (Å²) in [5, 5.41) is 11.8. The van der Waals surface area contributed by atoms with Gasteiger partial charge in [-0.25, -0.2) is 4.39 Å². The van der Waals surface area contributed by atoms with Gasteiger partial charge < -0.3 is 14.6 Å². The summed E-state index contributed by atoms with van der Waals surface area (Å²) in [5.41, 5.74) is 4.94. The highest BCUT2D eigenvalue weighted by atomic mass is 19.1. The Kier molecular flexibility index (Phi) is 3.93. The lowest BCUT2D eigenvalue weighted by atomic mass is 9.90. The van der Waals surface area contributed by atoms with Gasteiger partial charge in [-0.05, 0) is 67.6 Å². The summed E-state index contributed by atoms with van der Waals surface area (Å²) < 4.78 is 18.9. The Bertz CT molecular complexity index is 1150. The first-order valence-electron chi connectivity index (χ1n) is 9.59. The van der Waals surface area contributed by atoms with Crippen LogP contribution in [0.15, 0.2) is 40.8 Å². The van der Waals surface area contributed by atoms with Crippen LogP contribution in [0.25, 0.3) is 11.0 Å². The number of carbonyl (C=O) groups excluding carboxylic acids is 1. The number of hydrogen-bond donors (Lipinski definition) is 2. The van der Waals surface area contributed by atoms with Crippen molar-refractivity contribution in [3.63, 3.8) is 0 Å². The zero-order valence-electron chi connectivity index (χ0n) is 15.3. The molecular weight excluding hydrogens is 357 g/mol. The molecule has 0 saturated carbocycles. The summed E-state index contributed by atoms with van der Waals surface area (Å²) in [4.78, 5) is 15.1. The van der Waals surface area contributed by atoms with Crippen LogP contribution in [0.1, 0.15) is 34.3 Å². The van der Waals surface area contributed by atoms with E-state index in [2.05, 4.69) is 16.3 Å². The Morgan fingerprint density at radius 2 is 1.86 bits per heavy atom. The van der Waals surface area contributed by atoms with Crippen molar-refractivity contribution in [1.82, 2.24) is 0 Å². The fourth-order valence-electron chi connectivity index (χ4n) is 4.36. The molecule has 3 heterocycles. The van der Waals surface area contributed by atoms with Crippen LogP contribution in [0.3, 0.4) is 0 Å². The molecule has 1 amide bonds. The molecule has 3 aromatic rings. The van der Waals surface area contributed by atoms with Crippen LogP contribution in [0.2, 0.25) is 0 Å². The van der Waals surface area contributed by atoms with Gasteiger partial charge in [-0.15, -0.1) is 0 Å². The molecule has 0 aliphatic carbocycles. The van der Waals surface area contributed by atoms with Crippen molar-refractivity contribution in [2.24, 2.45) is 0 Å². The van der Waals surface area contributed by atoms with Gasteiger partial charge in [0.25, 0.3) is 5.91 Å². The maximum Gasteiger partial charge on any atom is 0.261 e. The number of anilines is 2. The predicted molar refractivity (Wildman–Crippen MR) is 105 cm³/mol. The van der Waals surface area contributed by atoms with E-state index in [1.807, 2.05) is 0 Å². The molecule has 0 saturated heterocycles. The number of fused-ring (bicyclic) bond motifs is 2. The van der Waals surface area contributed by atoms with Gasteiger partial charge in [0.2, 0.25) is 5.55 Å². The van der Waals surface area contributed by atoms with Crippen molar-refractivity contribution in [2.75, 3.05) is 23.3 Å². The third-order valence-corrected chi connectivity index (χ3v) is 5.60. The summed E-state index contributed by atoms with van der Waals surface area (Å²) in [6.07, 6.45) is 4.15. The molecule has 5 rings (SSSR count). The van der Waals surface area contributed by atoms with Crippen LogP contribution in [0.4, 0.5) is 15.8 Å². The van der Waals surface area contributed by atoms with Gasteiger partial charge in [-0.1, -0.05) is 0 Å².